The maximum atomic E-state index is 12.7. The van der Waals surface area contributed by atoms with Gasteiger partial charge in [-0.3, -0.25) is 18.6 Å². The molecule has 0 aromatic rings. The molecule has 0 saturated heterocycles. The Hall–Kier alpha value is -3.11. The van der Waals surface area contributed by atoms with Gasteiger partial charge in [-0.15, -0.1) is 0 Å². The standard InChI is InChI=1S/C50H83O10P/c1-3-5-7-9-11-13-15-17-19-21-22-23-24-26-28-30-32-34-36-38-40-42-50(54)60-48(46-59-61(55,56)58-44-47(52)43-51)45-57-49(53)41-39-37-35-33-31-29-27-25-20-18-16-14-12-10-8-6-4-2/h5-8,11-14,17-20,22-23,27,29,47-48,51-52H,3-4,9-10,15-16,21,24-26,28,30-46H2,1-2H3,(H,55,56)/b7-5-,8-6-,13-11-,14-12-,19-17-,20-18-,23-22-,29-27-. The lowest BCUT2D eigenvalue weighted by Crippen LogP contribution is -2.29. The minimum Gasteiger partial charge on any atom is -0.462 e. The predicted octanol–water partition coefficient (Wildman–Crippen LogP) is 12.8. The van der Waals surface area contributed by atoms with E-state index in [1.165, 1.54) is 19.3 Å². The normalized spacial score (nSPS) is 14.6. The third-order valence-corrected chi connectivity index (χ3v) is 10.2. The summed E-state index contributed by atoms with van der Waals surface area (Å²) in [6.07, 6.45) is 55.1. The van der Waals surface area contributed by atoms with E-state index in [-0.39, 0.29) is 19.4 Å². The summed E-state index contributed by atoms with van der Waals surface area (Å²) in [5.41, 5.74) is 0. The molecule has 0 spiro atoms. The monoisotopic (exact) mass is 875 g/mol. The van der Waals surface area contributed by atoms with Crippen LogP contribution in [0.4, 0.5) is 0 Å². The zero-order valence-corrected chi connectivity index (χ0v) is 38.7. The van der Waals surface area contributed by atoms with Crippen LogP contribution in [0.15, 0.2) is 97.2 Å². The third kappa shape index (κ3) is 44.7. The third-order valence-electron chi connectivity index (χ3n) is 9.23. The molecule has 0 bridgehead atoms. The number of hydrogen-bond acceptors (Lipinski definition) is 9. The molecule has 0 heterocycles. The maximum Gasteiger partial charge on any atom is 0.472 e. The number of aliphatic hydroxyl groups is 2. The van der Waals surface area contributed by atoms with Crippen molar-refractivity contribution in [3.63, 3.8) is 0 Å². The first-order valence-corrected chi connectivity index (χ1v) is 24.7. The fraction of sp³-hybridized carbons (Fsp3) is 0.640. The fourth-order valence-electron chi connectivity index (χ4n) is 5.74. The molecule has 348 valence electrons. The van der Waals surface area contributed by atoms with Crippen LogP contribution in [0.25, 0.3) is 0 Å². The molecule has 0 amide bonds. The highest BCUT2D eigenvalue weighted by Gasteiger charge is 2.27. The quantitative estimate of drug-likeness (QED) is 0.0234. The molecule has 61 heavy (non-hydrogen) atoms. The summed E-state index contributed by atoms with van der Waals surface area (Å²) in [5, 5.41) is 18.4. The first-order chi connectivity index (χ1) is 29.7. The number of unbranched alkanes of at least 4 members (excludes halogenated alkanes) is 12. The van der Waals surface area contributed by atoms with Gasteiger partial charge in [0.25, 0.3) is 0 Å². The number of aliphatic hydroxyl groups excluding tert-OH is 2. The summed E-state index contributed by atoms with van der Waals surface area (Å²) >= 11 is 0. The molecule has 0 aliphatic heterocycles. The van der Waals surface area contributed by atoms with Crippen molar-refractivity contribution in [1.29, 1.82) is 0 Å². The number of allylic oxidation sites excluding steroid dienone is 16. The highest BCUT2D eigenvalue weighted by Crippen LogP contribution is 2.43. The van der Waals surface area contributed by atoms with Crippen LogP contribution in [0.5, 0.6) is 0 Å². The summed E-state index contributed by atoms with van der Waals surface area (Å²) < 4.78 is 32.8. The minimum atomic E-state index is -4.64. The molecular weight excluding hydrogens is 792 g/mol. The van der Waals surface area contributed by atoms with Crippen LogP contribution < -0.4 is 0 Å². The number of carbonyl (C=O) groups is 2. The number of rotatable bonds is 42. The van der Waals surface area contributed by atoms with E-state index in [1.807, 2.05) is 0 Å². The summed E-state index contributed by atoms with van der Waals surface area (Å²) in [4.78, 5) is 35.1. The zero-order valence-electron chi connectivity index (χ0n) is 37.8. The van der Waals surface area contributed by atoms with Crippen LogP contribution in [0.2, 0.25) is 0 Å². The van der Waals surface area contributed by atoms with Crippen molar-refractivity contribution in [3.05, 3.63) is 97.2 Å². The number of esters is 2. The van der Waals surface area contributed by atoms with Crippen molar-refractivity contribution in [2.75, 3.05) is 26.4 Å². The van der Waals surface area contributed by atoms with Gasteiger partial charge in [-0.2, -0.15) is 0 Å². The van der Waals surface area contributed by atoms with Crippen LogP contribution >= 0.6 is 7.82 Å². The Morgan fingerprint density at radius 2 is 0.852 bits per heavy atom. The van der Waals surface area contributed by atoms with Crippen molar-refractivity contribution >= 4 is 19.8 Å². The minimum absolute atomic E-state index is 0.163. The van der Waals surface area contributed by atoms with Gasteiger partial charge < -0.3 is 24.6 Å². The van der Waals surface area contributed by atoms with Crippen molar-refractivity contribution in [2.45, 2.75) is 180 Å². The molecule has 0 aliphatic rings. The van der Waals surface area contributed by atoms with Crippen LogP contribution in [-0.4, -0.2) is 65.7 Å². The second kappa shape index (κ2) is 44.9. The van der Waals surface area contributed by atoms with Gasteiger partial charge in [-0.05, 0) is 89.9 Å². The molecule has 3 N–H and O–H groups in total. The molecule has 0 aromatic carbocycles. The molecule has 0 saturated carbocycles. The largest absolute Gasteiger partial charge is 0.472 e. The Bertz CT molecular complexity index is 1330. The van der Waals surface area contributed by atoms with Crippen molar-refractivity contribution in [3.8, 4) is 0 Å². The number of carbonyl (C=O) groups excluding carboxylic acids is 2. The van der Waals surface area contributed by atoms with Gasteiger partial charge in [-0.25, -0.2) is 4.57 Å². The summed E-state index contributed by atoms with van der Waals surface area (Å²) in [7, 11) is -4.64. The first-order valence-electron chi connectivity index (χ1n) is 23.2. The SMILES string of the molecule is CC/C=C\C/C=C\C/C=C\C/C=C\CCCCCCCCCCC(=O)OC(COC(=O)CCCCCC/C=C\C/C=C\C/C=C\C/C=C\CC)COP(=O)(O)OCC(O)CO. The number of ether oxygens (including phenoxy) is 2. The first kappa shape index (κ1) is 57.9. The second-order valence-corrected chi connectivity index (χ2v) is 16.5. The van der Waals surface area contributed by atoms with Gasteiger partial charge in [0.2, 0.25) is 0 Å². The smallest absolute Gasteiger partial charge is 0.462 e. The molecule has 3 unspecified atom stereocenters. The molecule has 0 radical (unpaired) electrons. The van der Waals surface area contributed by atoms with E-state index in [1.54, 1.807) is 0 Å². The average molecular weight is 875 g/mol. The topological polar surface area (TPSA) is 149 Å². The molecule has 0 rings (SSSR count). The molecule has 0 aromatic heterocycles. The Morgan fingerprint density at radius 1 is 0.492 bits per heavy atom. The van der Waals surface area contributed by atoms with Crippen molar-refractivity contribution in [2.24, 2.45) is 0 Å². The summed E-state index contributed by atoms with van der Waals surface area (Å²) in [5.74, 6) is -0.970. The second-order valence-electron chi connectivity index (χ2n) is 15.0. The van der Waals surface area contributed by atoms with Crippen LogP contribution in [0.1, 0.15) is 168 Å². The summed E-state index contributed by atoms with van der Waals surface area (Å²) in [6, 6.07) is 0. The molecule has 3 atom stereocenters. The number of phosphoric acid groups is 1. The van der Waals surface area contributed by atoms with Crippen molar-refractivity contribution in [1.82, 2.24) is 0 Å². The van der Waals surface area contributed by atoms with Gasteiger partial charge in [0.15, 0.2) is 6.10 Å². The predicted molar refractivity (Wildman–Crippen MR) is 251 cm³/mol. The highest BCUT2D eigenvalue weighted by molar-refractivity contribution is 7.47. The van der Waals surface area contributed by atoms with E-state index in [4.69, 9.17) is 23.6 Å². The highest BCUT2D eigenvalue weighted by atomic mass is 31.2. The van der Waals surface area contributed by atoms with E-state index in [0.29, 0.717) is 12.8 Å². The lowest BCUT2D eigenvalue weighted by molar-refractivity contribution is -0.161. The maximum absolute atomic E-state index is 12.7. The van der Waals surface area contributed by atoms with Gasteiger partial charge in [-0.1, -0.05) is 162 Å². The molecule has 0 aliphatic carbocycles. The Kier molecular flexibility index (Phi) is 42.6. The Balaban J connectivity index is 4.32. The molecule has 0 fully saturated rings. The summed E-state index contributed by atoms with van der Waals surface area (Å²) in [6.45, 7) is 2.10. The molecule has 10 nitrogen and oxygen atoms in total. The molecular formula is C50H83O10P. The van der Waals surface area contributed by atoms with Gasteiger partial charge in [0, 0.05) is 12.8 Å². The van der Waals surface area contributed by atoms with Gasteiger partial charge in [0.05, 0.1) is 19.8 Å². The van der Waals surface area contributed by atoms with Crippen LogP contribution in [0.3, 0.4) is 0 Å². The van der Waals surface area contributed by atoms with Crippen LogP contribution in [0, 0.1) is 0 Å². The van der Waals surface area contributed by atoms with E-state index in [2.05, 4.69) is 111 Å². The fourth-order valence-corrected chi connectivity index (χ4v) is 6.53. The van der Waals surface area contributed by atoms with Crippen LogP contribution in [-0.2, 0) is 32.7 Å². The Labute approximate surface area is 370 Å². The lowest BCUT2D eigenvalue weighted by atomic mass is 10.1. The number of phosphoric ester groups is 1. The van der Waals surface area contributed by atoms with Gasteiger partial charge in [0.1, 0.15) is 12.7 Å². The van der Waals surface area contributed by atoms with E-state index >= 15 is 0 Å². The van der Waals surface area contributed by atoms with Crippen molar-refractivity contribution < 1.29 is 47.8 Å². The Morgan fingerprint density at radius 3 is 1.28 bits per heavy atom. The number of hydrogen-bond donors (Lipinski definition) is 3. The van der Waals surface area contributed by atoms with E-state index in [9.17, 15) is 24.2 Å². The average Bonchev–Trinajstić information content (AvgIpc) is 3.25. The zero-order chi connectivity index (χ0) is 44.8. The lowest BCUT2D eigenvalue weighted by Gasteiger charge is -2.20. The molecule has 11 heteroatoms. The van der Waals surface area contributed by atoms with Gasteiger partial charge >= 0.3 is 19.8 Å². The van der Waals surface area contributed by atoms with E-state index in [0.717, 1.165) is 109 Å². The van der Waals surface area contributed by atoms with E-state index < -0.39 is 51.8 Å².